The zero-order valence-electron chi connectivity index (χ0n) is 12.7. The van der Waals surface area contributed by atoms with E-state index < -0.39 is 5.97 Å². The van der Waals surface area contributed by atoms with Crippen LogP contribution in [0, 0.1) is 11.8 Å². The van der Waals surface area contributed by atoms with Crippen LogP contribution >= 0.6 is 0 Å². The number of rotatable bonds is 11. The van der Waals surface area contributed by atoms with Crippen molar-refractivity contribution in [2.45, 2.75) is 71.1 Å². The fraction of sp³-hybridized carbons (Fsp3) is 0.611. The molecule has 0 aromatic heterocycles. The maximum absolute atomic E-state index is 10.3. The van der Waals surface area contributed by atoms with Crippen molar-refractivity contribution >= 4 is 5.97 Å². The topological polar surface area (TPSA) is 37.3 Å². The van der Waals surface area contributed by atoms with E-state index in [1.807, 2.05) is 12.2 Å². The van der Waals surface area contributed by atoms with Gasteiger partial charge in [0.15, 0.2) is 0 Å². The molecular weight excluding hydrogens is 248 g/mol. The summed E-state index contributed by atoms with van der Waals surface area (Å²) < 4.78 is 0. The summed E-state index contributed by atoms with van der Waals surface area (Å²) in [4.78, 5) is 10.3. The second kappa shape index (κ2) is 15.6. The van der Waals surface area contributed by atoms with Gasteiger partial charge in [-0.1, -0.05) is 69.1 Å². The summed E-state index contributed by atoms with van der Waals surface area (Å²) in [6.45, 7) is 2.20. The van der Waals surface area contributed by atoms with Crippen molar-refractivity contribution in [1.29, 1.82) is 0 Å². The predicted octanol–water partition coefficient (Wildman–Crippen LogP) is 5.11. The van der Waals surface area contributed by atoms with Crippen LogP contribution in [0.25, 0.3) is 0 Å². The normalized spacial score (nSPS) is 10.8. The van der Waals surface area contributed by atoms with Gasteiger partial charge in [0.25, 0.3) is 0 Å². The quantitative estimate of drug-likeness (QED) is 0.323. The lowest BCUT2D eigenvalue weighted by Gasteiger charge is -1.97. The van der Waals surface area contributed by atoms with E-state index in [1.165, 1.54) is 12.8 Å². The molecule has 0 atom stereocenters. The first-order valence-corrected chi connectivity index (χ1v) is 7.79. The largest absolute Gasteiger partial charge is 0.481 e. The molecule has 2 nitrogen and oxygen atoms in total. The lowest BCUT2D eigenvalue weighted by atomic mass is 10.1. The van der Waals surface area contributed by atoms with Crippen LogP contribution in [0.2, 0.25) is 0 Å². The average Bonchev–Trinajstić information content (AvgIpc) is 2.43. The van der Waals surface area contributed by atoms with Crippen LogP contribution < -0.4 is 0 Å². The Balaban J connectivity index is 3.34. The highest BCUT2D eigenvalue weighted by molar-refractivity contribution is 5.66. The van der Waals surface area contributed by atoms with Gasteiger partial charge in [0.05, 0.1) is 0 Å². The van der Waals surface area contributed by atoms with Gasteiger partial charge in [0, 0.05) is 12.8 Å². The molecule has 0 fully saturated rings. The minimum Gasteiger partial charge on any atom is -0.481 e. The van der Waals surface area contributed by atoms with E-state index in [9.17, 15) is 4.79 Å². The van der Waals surface area contributed by atoms with Gasteiger partial charge in [-0.3, -0.25) is 4.79 Å². The van der Waals surface area contributed by atoms with E-state index in [2.05, 4.69) is 30.9 Å². The first-order valence-electron chi connectivity index (χ1n) is 7.79. The van der Waals surface area contributed by atoms with Crippen molar-refractivity contribution < 1.29 is 9.90 Å². The van der Waals surface area contributed by atoms with Gasteiger partial charge < -0.3 is 5.11 Å². The Morgan fingerprint density at radius 3 is 2.55 bits per heavy atom. The third-order valence-corrected chi connectivity index (χ3v) is 2.95. The molecule has 0 heterocycles. The Hall–Kier alpha value is -1.49. The maximum Gasteiger partial charge on any atom is 0.303 e. The van der Waals surface area contributed by atoms with Gasteiger partial charge in [0.2, 0.25) is 0 Å². The lowest BCUT2D eigenvalue weighted by Crippen LogP contribution is -1.93. The molecule has 0 saturated heterocycles. The standard InChI is InChI=1S/C18H28O2/c1-2-3-4-5-6-7-8-9-10-11-12-13-14-15-16-17-18(19)20/h5-8H,2-4,11-17H2,1H3,(H,19,20)/b6-5+,8-7-. The van der Waals surface area contributed by atoms with Gasteiger partial charge in [0.1, 0.15) is 0 Å². The second-order valence-electron chi connectivity index (χ2n) is 4.91. The van der Waals surface area contributed by atoms with Gasteiger partial charge in [-0.25, -0.2) is 0 Å². The summed E-state index contributed by atoms with van der Waals surface area (Å²) in [6.07, 6.45) is 18.2. The average molecular weight is 276 g/mol. The summed E-state index contributed by atoms with van der Waals surface area (Å²) in [5, 5.41) is 8.49. The first-order chi connectivity index (χ1) is 9.77. The van der Waals surface area contributed by atoms with E-state index in [0.29, 0.717) is 6.42 Å². The molecule has 1 N–H and O–H groups in total. The number of allylic oxidation sites excluding steroid dienone is 4. The fourth-order valence-corrected chi connectivity index (χ4v) is 1.75. The summed E-state index contributed by atoms with van der Waals surface area (Å²) in [5.74, 6) is 5.48. The maximum atomic E-state index is 10.3. The summed E-state index contributed by atoms with van der Waals surface area (Å²) in [5.41, 5.74) is 0. The molecule has 0 aromatic rings. The highest BCUT2D eigenvalue weighted by Gasteiger charge is 1.95. The Labute approximate surface area is 124 Å². The third kappa shape index (κ3) is 16.5. The van der Waals surface area contributed by atoms with E-state index in [0.717, 1.165) is 44.9 Å². The fourth-order valence-electron chi connectivity index (χ4n) is 1.75. The zero-order valence-corrected chi connectivity index (χ0v) is 12.7. The number of carbonyl (C=O) groups is 1. The van der Waals surface area contributed by atoms with Crippen LogP contribution in [-0.2, 0) is 4.79 Å². The highest BCUT2D eigenvalue weighted by atomic mass is 16.4. The number of unbranched alkanes of at least 4 members (excludes halogenated alkanes) is 7. The van der Waals surface area contributed by atoms with Crippen LogP contribution in [0.3, 0.4) is 0 Å². The van der Waals surface area contributed by atoms with E-state index >= 15 is 0 Å². The molecule has 0 bridgehead atoms. The molecule has 112 valence electrons. The molecule has 0 saturated carbocycles. The van der Waals surface area contributed by atoms with Crippen molar-refractivity contribution in [1.82, 2.24) is 0 Å². The van der Waals surface area contributed by atoms with Gasteiger partial charge in [-0.05, 0) is 25.3 Å². The number of carboxylic acids is 1. The van der Waals surface area contributed by atoms with Crippen molar-refractivity contribution in [3.63, 3.8) is 0 Å². The molecule has 0 radical (unpaired) electrons. The van der Waals surface area contributed by atoms with E-state index in [4.69, 9.17) is 5.11 Å². The molecule has 0 aliphatic carbocycles. The van der Waals surface area contributed by atoms with Crippen molar-refractivity contribution in [2.24, 2.45) is 0 Å². The molecule has 0 unspecified atom stereocenters. The highest BCUT2D eigenvalue weighted by Crippen LogP contribution is 2.06. The molecule has 0 amide bonds. The third-order valence-electron chi connectivity index (χ3n) is 2.95. The minimum atomic E-state index is -0.689. The molecule has 0 rings (SSSR count). The van der Waals surface area contributed by atoms with E-state index in [-0.39, 0.29) is 0 Å². The minimum absolute atomic E-state index is 0.302. The Kier molecular flexibility index (Phi) is 14.4. The van der Waals surface area contributed by atoms with Crippen LogP contribution in [0.4, 0.5) is 0 Å². The summed E-state index contributed by atoms with van der Waals surface area (Å²) in [6, 6.07) is 0. The van der Waals surface area contributed by atoms with Crippen LogP contribution in [0.1, 0.15) is 71.1 Å². The summed E-state index contributed by atoms with van der Waals surface area (Å²) in [7, 11) is 0. The Bertz CT molecular complexity index is 342. The number of hydrogen-bond acceptors (Lipinski definition) is 1. The van der Waals surface area contributed by atoms with Crippen LogP contribution in [0.5, 0.6) is 0 Å². The second-order valence-corrected chi connectivity index (χ2v) is 4.91. The predicted molar refractivity (Wildman–Crippen MR) is 85.5 cm³/mol. The summed E-state index contributed by atoms with van der Waals surface area (Å²) >= 11 is 0. The molecule has 0 aliphatic rings. The number of carboxylic acid groups (broad SMARTS) is 1. The Morgan fingerprint density at radius 2 is 1.80 bits per heavy atom. The lowest BCUT2D eigenvalue weighted by molar-refractivity contribution is -0.137. The van der Waals surface area contributed by atoms with Gasteiger partial charge in [-0.2, -0.15) is 0 Å². The number of aliphatic carboxylic acids is 1. The van der Waals surface area contributed by atoms with Gasteiger partial charge in [-0.15, -0.1) is 0 Å². The Morgan fingerprint density at radius 1 is 1.05 bits per heavy atom. The molecule has 0 aliphatic heterocycles. The van der Waals surface area contributed by atoms with Crippen molar-refractivity contribution in [2.75, 3.05) is 0 Å². The zero-order chi connectivity index (χ0) is 14.9. The van der Waals surface area contributed by atoms with Crippen molar-refractivity contribution in [3.05, 3.63) is 24.3 Å². The molecule has 0 spiro atoms. The molecule has 2 heteroatoms. The molecule has 20 heavy (non-hydrogen) atoms. The SMILES string of the molecule is CCCC/C=C/C=C\C#CCCCCCCCC(=O)O. The van der Waals surface area contributed by atoms with Crippen LogP contribution in [-0.4, -0.2) is 11.1 Å². The van der Waals surface area contributed by atoms with Crippen molar-refractivity contribution in [3.8, 4) is 11.8 Å². The molecular formula is C18H28O2. The number of hydrogen-bond donors (Lipinski definition) is 1. The smallest absolute Gasteiger partial charge is 0.303 e. The monoisotopic (exact) mass is 276 g/mol. The van der Waals surface area contributed by atoms with Crippen LogP contribution in [0.15, 0.2) is 24.3 Å². The van der Waals surface area contributed by atoms with E-state index in [1.54, 1.807) is 0 Å². The van der Waals surface area contributed by atoms with Gasteiger partial charge >= 0.3 is 5.97 Å². The first kappa shape index (κ1) is 18.5. The molecule has 0 aromatic carbocycles.